The summed E-state index contributed by atoms with van der Waals surface area (Å²) in [6.45, 7) is 17.0. The first-order valence-electron chi connectivity index (χ1n) is 34.5. The lowest BCUT2D eigenvalue weighted by Gasteiger charge is -2.39. The summed E-state index contributed by atoms with van der Waals surface area (Å²) in [7, 11) is 4.34. The number of nitrogens with two attached hydrogens (primary N) is 1. The molecular formula is C69H112N6O26. The highest BCUT2D eigenvalue weighted by molar-refractivity contribution is 5.92. The van der Waals surface area contributed by atoms with Gasteiger partial charge in [-0.3, -0.25) is 33.5 Å². The fourth-order valence-electron chi connectivity index (χ4n) is 11.8. The third kappa shape index (κ3) is 29.5. The van der Waals surface area contributed by atoms with Crippen molar-refractivity contribution in [1.82, 2.24) is 20.0 Å². The van der Waals surface area contributed by atoms with Gasteiger partial charge in [-0.15, -0.1) is 0 Å². The number of likely N-dealkylation sites (N-methyl/N-ethyl adjacent to an activating group) is 2. The summed E-state index contributed by atoms with van der Waals surface area (Å²) < 4.78 is 71.4. The number of aliphatic hydroxyl groups is 5. The summed E-state index contributed by atoms with van der Waals surface area (Å²) in [4.78, 5) is 103. The number of carbonyl (C=O) groups excluding carboxylic acids is 7. The number of rotatable bonds is 52. The van der Waals surface area contributed by atoms with E-state index in [2.05, 4.69) is 15.5 Å². The zero-order valence-electron chi connectivity index (χ0n) is 60.1. The molecule has 0 saturated carbocycles. The van der Waals surface area contributed by atoms with Gasteiger partial charge in [-0.05, 0) is 55.4 Å². The van der Waals surface area contributed by atoms with Crippen LogP contribution in [0.5, 0.6) is 5.75 Å². The van der Waals surface area contributed by atoms with Crippen molar-refractivity contribution >= 4 is 47.7 Å². The van der Waals surface area contributed by atoms with E-state index in [0.29, 0.717) is 117 Å². The Kier molecular flexibility index (Phi) is 41.5. The van der Waals surface area contributed by atoms with E-state index in [4.69, 9.17) is 67.5 Å². The van der Waals surface area contributed by atoms with Crippen LogP contribution in [-0.4, -0.2) is 290 Å². The van der Waals surface area contributed by atoms with Gasteiger partial charge in [0.25, 0.3) is 6.47 Å². The molecular weight excluding hydrogens is 1330 g/mol. The number of ether oxygens (including phenoxy) is 13. The zero-order valence-corrected chi connectivity index (χ0v) is 60.1. The molecule has 0 aromatic heterocycles. The third-order valence-corrected chi connectivity index (χ3v) is 17.4. The first kappa shape index (κ1) is 87.3. The molecule has 4 rings (SSSR count). The number of carbonyl (C=O) groups is 7. The third-order valence-electron chi connectivity index (χ3n) is 17.4. The number of hydrogen-bond donors (Lipinski definition) is 8. The van der Waals surface area contributed by atoms with Crippen LogP contribution in [0, 0.1) is 23.7 Å². The van der Waals surface area contributed by atoms with Crippen LogP contribution < -0.4 is 21.3 Å². The monoisotopic (exact) mass is 1440 g/mol. The van der Waals surface area contributed by atoms with Crippen LogP contribution in [0.2, 0.25) is 0 Å². The molecule has 5 amide bonds. The van der Waals surface area contributed by atoms with E-state index in [-0.39, 0.29) is 73.9 Å². The van der Waals surface area contributed by atoms with Crippen molar-refractivity contribution in [3.8, 4) is 5.75 Å². The minimum Gasteiger partial charge on any atom is -0.461 e. The summed E-state index contributed by atoms with van der Waals surface area (Å²) in [6, 6.07) is 9.93. The maximum Gasteiger partial charge on any atom is 0.410 e. The quantitative estimate of drug-likeness (QED) is 0.0265. The van der Waals surface area contributed by atoms with Crippen LogP contribution in [0.25, 0.3) is 0 Å². The Morgan fingerprint density at radius 2 is 1.26 bits per heavy atom. The highest BCUT2D eigenvalue weighted by Gasteiger charge is 2.47. The normalized spacial score (nSPS) is 20.3. The maximum absolute atomic E-state index is 14.4. The number of ketones is 1. The minimum atomic E-state index is -1.90. The minimum absolute atomic E-state index is 0.0314. The Labute approximate surface area is 592 Å². The van der Waals surface area contributed by atoms with Crippen molar-refractivity contribution in [3.63, 3.8) is 0 Å². The Morgan fingerprint density at radius 1 is 0.713 bits per heavy atom. The van der Waals surface area contributed by atoms with Crippen molar-refractivity contribution in [2.75, 3.05) is 145 Å². The second-order valence-electron chi connectivity index (χ2n) is 25.2. The average Bonchev–Trinajstić information content (AvgIpc) is 1.13. The number of likely N-dealkylation sites (tertiary alicyclic amines) is 1. The Bertz CT molecular complexity index is 2730. The molecule has 2 aliphatic rings. The predicted octanol–water partition coefficient (Wildman–Crippen LogP) is 1.66. The fourth-order valence-corrected chi connectivity index (χ4v) is 11.8. The molecule has 9 N–H and O–H groups in total. The van der Waals surface area contributed by atoms with Gasteiger partial charge in [0.2, 0.25) is 36.2 Å². The predicted molar refractivity (Wildman–Crippen MR) is 362 cm³/mol. The molecule has 2 aromatic rings. The molecule has 2 heterocycles. The van der Waals surface area contributed by atoms with E-state index in [1.807, 2.05) is 19.9 Å². The number of anilines is 1. The van der Waals surface area contributed by atoms with Crippen LogP contribution in [0.1, 0.15) is 97.8 Å². The number of nitrogens with zero attached hydrogens (tertiary/aromatic N) is 3. The highest BCUT2D eigenvalue weighted by Crippen LogP contribution is 2.32. The van der Waals surface area contributed by atoms with Gasteiger partial charge in [0.15, 0.2) is 5.78 Å². The van der Waals surface area contributed by atoms with Crippen LogP contribution >= 0.6 is 0 Å². The smallest absolute Gasteiger partial charge is 0.410 e. The molecule has 32 nitrogen and oxygen atoms in total. The van der Waals surface area contributed by atoms with Gasteiger partial charge < -0.3 is 113 Å². The molecule has 0 aliphatic carbocycles. The molecule has 2 unspecified atom stereocenters. The lowest BCUT2D eigenvalue weighted by Crippen LogP contribution is -2.59. The van der Waals surface area contributed by atoms with Crippen LogP contribution in [0.4, 0.5) is 10.5 Å². The summed E-state index contributed by atoms with van der Waals surface area (Å²) >= 11 is 0. The molecule has 2 aliphatic heterocycles. The van der Waals surface area contributed by atoms with E-state index < -0.39 is 128 Å². The summed E-state index contributed by atoms with van der Waals surface area (Å²) in [5.74, 6) is -0.0393. The van der Waals surface area contributed by atoms with Crippen molar-refractivity contribution < 1.29 is 126 Å². The first-order valence-corrected chi connectivity index (χ1v) is 34.5. The van der Waals surface area contributed by atoms with E-state index in [1.54, 1.807) is 63.8 Å². The van der Waals surface area contributed by atoms with Gasteiger partial charge in [0, 0.05) is 51.3 Å². The number of hydrogen-bond acceptors (Lipinski definition) is 27. The number of benzene rings is 2. The Balaban J connectivity index is 1.29. The Morgan fingerprint density at radius 3 is 1.78 bits per heavy atom. The molecule has 574 valence electrons. The molecule has 0 spiro atoms. The number of nitrogens with one attached hydrogen (secondary N) is 2. The molecule has 101 heavy (non-hydrogen) atoms. The molecule has 2 aromatic carbocycles. The molecule has 0 bridgehead atoms. The average molecular weight is 1440 g/mol. The molecule has 15 atom stereocenters. The fraction of sp³-hybridized carbons (Fsp3) is 0.725. The van der Waals surface area contributed by atoms with Crippen molar-refractivity contribution in [2.24, 2.45) is 29.6 Å². The van der Waals surface area contributed by atoms with Gasteiger partial charge in [0.05, 0.1) is 161 Å². The summed E-state index contributed by atoms with van der Waals surface area (Å²) in [6.07, 6.45) is -12.2. The van der Waals surface area contributed by atoms with Crippen LogP contribution in [0.15, 0.2) is 48.5 Å². The summed E-state index contributed by atoms with van der Waals surface area (Å²) in [5.41, 5.74) is 0.872. The lowest BCUT2D eigenvalue weighted by atomic mass is 9.88. The van der Waals surface area contributed by atoms with Gasteiger partial charge in [-0.1, -0.05) is 78.3 Å². The van der Waals surface area contributed by atoms with Gasteiger partial charge in [-0.2, -0.15) is 0 Å². The highest BCUT2D eigenvalue weighted by atomic mass is 16.8. The topological polar surface area (TPSA) is 410 Å². The standard InChI is InChI=1S/C69H112N6O26/c1-11-45(4)59(54(78)40-57(80)75-21-15-18-52(75)64(88-10)47(6)65(85)71-48(7)60(81)49-16-13-12-14-17-49)73(8)66(86)46(5)38-53(77)58(44(2)3)74(9)69(87)97-41-50-39-51(19-20-55(50)100-68-63(84)61(82)62(83)67(101-68)98-43-76)72-56(79)42-96-35-34-94-31-30-92-27-26-90-23-22-89-24-25-91-28-29-93-32-33-95-36-37-99-70/h12-14,16-17,19-20,39,43-48,52,54,58-64,67-68,78,81-84H,11,15,18,21-38,40-42,70H2,1-10H3,(H,71,85)(H,72,79)/t45-,46+,47+,48+,52-,54+,58-,59-,60+,61-,62-,63?,64+,67?,68+/m0/s1. The van der Waals surface area contributed by atoms with Crippen LogP contribution in [-0.2, 0) is 97.1 Å². The SMILES string of the molecule is CC[C@H](C)[C@@H]([C@H](O)CC(=O)N1CCC[C@H]1[C@H](OC)[C@@H](C)C(=O)N[C@H](C)[C@@H](O)c1ccccc1)N(C)C(=O)[C@H](C)CC(=O)[C@H](C(C)C)N(C)C(=O)OCc1cc(NC(=O)COCCOCCOCCOCCOCCOCCOCCOCCON)ccc1O[C@@H]1OC(OC=O)[C@@H](O)[C@H](O)C1O. The van der Waals surface area contributed by atoms with E-state index in [1.165, 1.54) is 44.3 Å². The molecule has 32 heteroatoms. The number of amides is 5. The Hall–Kier alpha value is -6.15. The van der Waals surface area contributed by atoms with E-state index in [9.17, 15) is 59.1 Å². The second-order valence-corrected chi connectivity index (χ2v) is 25.2. The summed E-state index contributed by atoms with van der Waals surface area (Å²) in [5, 5.41) is 60.2. The molecule has 2 saturated heterocycles. The molecule has 0 radical (unpaired) electrons. The number of aliphatic hydroxyl groups excluding tert-OH is 5. The zero-order chi connectivity index (χ0) is 74.4. The van der Waals surface area contributed by atoms with Crippen LogP contribution in [0.3, 0.4) is 0 Å². The lowest BCUT2D eigenvalue weighted by molar-refractivity contribution is -0.321. The second kappa shape index (κ2) is 48.0. The van der Waals surface area contributed by atoms with Crippen molar-refractivity contribution in [1.29, 1.82) is 0 Å². The van der Waals surface area contributed by atoms with Crippen molar-refractivity contribution in [2.45, 2.75) is 161 Å². The molecule has 2 fully saturated rings. The van der Waals surface area contributed by atoms with Crippen molar-refractivity contribution in [3.05, 3.63) is 59.7 Å². The number of methoxy groups -OCH3 is 1. The number of Topliss-reactive ketones (excluding diaryl/α,β-unsaturated/α-hetero) is 1. The van der Waals surface area contributed by atoms with Gasteiger partial charge >= 0.3 is 6.09 Å². The maximum atomic E-state index is 14.4. The van der Waals surface area contributed by atoms with Gasteiger partial charge in [-0.25, -0.2) is 10.7 Å². The van der Waals surface area contributed by atoms with E-state index >= 15 is 0 Å². The largest absolute Gasteiger partial charge is 0.461 e. The van der Waals surface area contributed by atoms with E-state index in [0.717, 1.165) is 4.90 Å². The van der Waals surface area contributed by atoms with Gasteiger partial charge in [0.1, 0.15) is 37.3 Å². The first-order chi connectivity index (χ1) is 48.4.